The molecule has 0 bridgehead atoms. The molecular formula is C11H15FN2. The van der Waals surface area contributed by atoms with Gasteiger partial charge in [-0.1, -0.05) is 6.92 Å². The molecule has 1 aromatic heterocycles. The summed E-state index contributed by atoms with van der Waals surface area (Å²) < 4.78 is 13.6. The van der Waals surface area contributed by atoms with Gasteiger partial charge in [0.15, 0.2) is 0 Å². The van der Waals surface area contributed by atoms with E-state index < -0.39 is 5.54 Å². The van der Waals surface area contributed by atoms with Crippen LogP contribution in [0.15, 0.2) is 12.3 Å². The van der Waals surface area contributed by atoms with Crippen LogP contribution in [0, 0.1) is 5.82 Å². The second-order valence-electron chi connectivity index (χ2n) is 4.04. The Labute approximate surface area is 83.3 Å². The Morgan fingerprint density at radius 3 is 2.71 bits per heavy atom. The Kier molecular flexibility index (Phi) is 2.27. The fourth-order valence-electron chi connectivity index (χ4n) is 1.83. The van der Waals surface area contributed by atoms with Gasteiger partial charge in [0.1, 0.15) is 5.82 Å². The van der Waals surface area contributed by atoms with Crippen molar-refractivity contribution in [2.24, 2.45) is 5.73 Å². The maximum absolute atomic E-state index is 13.6. The summed E-state index contributed by atoms with van der Waals surface area (Å²) in [5.74, 6) is -0.244. The number of pyridine rings is 1. The van der Waals surface area contributed by atoms with Crippen LogP contribution in [0.3, 0.4) is 0 Å². The maximum atomic E-state index is 13.6. The van der Waals surface area contributed by atoms with Crippen LogP contribution >= 0.6 is 0 Å². The van der Waals surface area contributed by atoms with Crippen LogP contribution in [0.2, 0.25) is 0 Å². The topological polar surface area (TPSA) is 38.9 Å². The summed E-state index contributed by atoms with van der Waals surface area (Å²) in [6.45, 7) is 1.98. The number of hydrogen-bond donors (Lipinski definition) is 1. The molecule has 0 spiro atoms. The van der Waals surface area contributed by atoms with E-state index in [4.69, 9.17) is 5.73 Å². The molecule has 0 saturated heterocycles. The zero-order chi connectivity index (χ0) is 10.2. The SMILES string of the molecule is CCc1cnc(C2(N)CCC2)c(F)c1. The zero-order valence-electron chi connectivity index (χ0n) is 8.39. The van der Waals surface area contributed by atoms with E-state index in [2.05, 4.69) is 4.98 Å². The monoisotopic (exact) mass is 194 g/mol. The number of halogens is 1. The van der Waals surface area contributed by atoms with E-state index >= 15 is 0 Å². The minimum Gasteiger partial charge on any atom is -0.320 e. The molecule has 2 rings (SSSR count). The third-order valence-corrected chi connectivity index (χ3v) is 3.02. The fourth-order valence-corrected chi connectivity index (χ4v) is 1.83. The van der Waals surface area contributed by atoms with Crippen LogP contribution in [-0.4, -0.2) is 4.98 Å². The molecule has 1 aliphatic rings. The first-order valence-electron chi connectivity index (χ1n) is 5.09. The Morgan fingerprint density at radius 1 is 1.57 bits per heavy atom. The molecule has 0 radical (unpaired) electrons. The molecule has 0 unspecified atom stereocenters. The molecule has 0 aromatic carbocycles. The molecule has 14 heavy (non-hydrogen) atoms. The van der Waals surface area contributed by atoms with Gasteiger partial charge in [-0.15, -0.1) is 0 Å². The number of rotatable bonds is 2. The Balaban J connectivity index is 2.35. The van der Waals surface area contributed by atoms with Crippen molar-refractivity contribution in [3.63, 3.8) is 0 Å². The number of aromatic nitrogens is 1. The minimum atomic E-state index is -0.490. The van der Waals surface area contributed by atoms with E-state index in [9.17, 15) is 4.39 Å². The molecule has 1 heterocycles. The third kappa shape index (κ3) is 1.42. The van der Waals surface area contributed by atoms with Gasteiger partial charge in [-0.3, -0.25) is 4.98 Å². The summed E-state index contributed by atoms with van der Waals surface area (Å²) in [4.78, 5) is 4.14. The quantitative estimate of drug-likeness (QED) is 0.783. The summed E-state index contributed by atoms with van der Waals surface area (Å²) in [6, 6.07) is 1.55. The van der Waals surface area contributed by atoms with Crippen molar-refractivity contribution in [3.8, 4) is 0 Å². The molecular weight excluding hydrogens is 179 g/mol. The van der Waals surface area contributed by atoms with Crippen LogP contribution in [0.25, 0.3) is 0 Å². The summed E-state index contributed by atoms with van der Waals surface area (Å²) in [7, 11) is 0. The van der Waals surface area contributed by atoms with Crippen LogP contribution in [-0.2, 0) is 12.0 Å². The van der Waals surface area contributed by atoms with Crippen LogP contribution < -0.4 is 5.73 Å². The highest BCUT2D eigenvalue weighted by atomic mass is 19.1. The van der Waals surface area contributed by atoms with Crippen molar-refractivity contribution >= 4 is 0 Å². The largest absolute Gasteiger partial charge is 0.320 e. The molecule has 1 aliphatic carbocycles. The maximum Gasteiger partial charge on any atom is 0.146 e. The van der Waals surface area contributed by atoms with Gasteiger partial charge in [0.2, 0.25) is 0 Å². The van der Waals surface area contributed by atoms with Gasteiger partial charge in [-0.25, -0.2) is 4.39 Å². The summed E-state index contributed by atoms with van der Waals surface area (Å²) in [5.41, 5.74) is 6.89. The lowest BCUT2D eigenvalue weighted by Crippen LogP contribution is -2.44. The second-order valence-corrected chi connectivity index (χ2v) is 4.04. The lowest BCUT2D eigenvalue weighted by Gasteiger charge is -2.37. The summed E-state index contributed by atoms with van der Waals surface area (Å²) >= 11 is 0. The van der Waals surface area contributed by atoms with Gasteiger partial charge in [0, 0.05) is 6.20 Å². The second kappa shape index (κ2) is 3.31. The molecule has 76 valence electrons. The summed E-state index contributed by atoms with van der Waals surface area (Å²) in [6.07, 6.45) is 5.31. The molecule has 1 fully saturated rings. The molecule has 1 aromatic rings. The first-order chi connectivity index (χ1) is 6.65. The third-order valence-electron chi connectivity index (χ3n) is 3.02. The number of aryl methyl sites for hydroxylation is 1. The fraction of sp³-hybridized carbons (Fsp3) is 0.545. The van der Waals surface area contributed by atoms with Crippen molar-refractivity contribution in [2.75, 3.05) is 0 Å². The van der Waals surface area contributed by atoms with E-state index in [1.54, 1.807) is 12.3 Å². The van der Waals surface area contributed by atoms with Gasteiger partial charge in [0.05, 0.1) is 11.2 Å². The standard InChI is InChI=1S/C11H15FN2/c1-2-8-6-9(12)10(14-7-8)11(13)4-3-5-11/h6-7H,2-5,13H2,1H3. The summed E-state index contributed by atoms with van der Waals surface area (Å²) in [5, 5.41) is 0. The zero-order valence-corrected chi connectivity index (χ0v) is 8.39. The average molecular weight is 194 g/mol. The van der Waals surface area contributed by atoms with E-state index in [1.165, 1.54) is 0 Å². The van der Waals surface area contributed by atoms with E-state index in [-0.39, 0.29) is 5.82 Å². The Bertz CT molecular complexity index is 345. The van der Waals surface area contributed by atoms with E-state index in [1.807, 2.05) is 6.92 Å². The van der Waals surface area contributed by atoms with Crippen molar-refractivity contribution in [3.05, 3.63) is 29.3 Å². The molecule has 2 N–H and O–H groups in total. The van der Waals surface area contributed by atoms with Gasteiger partial charge in [-0.05, 0) is 37.3 Å². The van der Waals surface area contributed by atoms with Gasteiger partial charge >= 0.3 is 0 Å². The van der Waals surface area contributed by atoms with Gasteiger partial charge in [0.25, 0.3) is 0 Å². The normalized spacial score (nSPS) is 19.1. The minimum absolute atomic E-state index is 0.244. The average Bonchev–Trinajstić information content (AvgIpc) is 2.14. The molecule has 0 aliphatic heterocycles. The molecule has 2 nitrogen and oxygen atoms in total. The number of hydrogen-bond acceptors (Lipinski definition) is 2. The predicted octanol–water partition coefficient (Wildman–Crippen LogP) is 2.12. The van der Waals surface area contributed by atoms with Crippen molar-refractivity contribution < 1.29 is 4.39 Å². The smallest absolute Gasteiger partial charge is 0.146 e. The molecule has 3 heteroatoms. The predicted molar refractivity (Wildman–Crippen MR) is 53.3 cm³/mol. The highest BCUT2D eigenvalue weighted by molar-refractivity contribution is 5.24. The van der Waals surface area contributed by atoms with Crippen molar-refractivity contribution in [2.45, 2.75) is 38.1 Å². The molecule has 1 saturated carbocycles. The highest BCUT2D eigenvalue weighted by Gasteiger charge is 2.37. The number of nitrogens with two attached hydrogens (primary N) is 1. The van der Waals surface area contributed by atoms with Crippen molar-refractivity contribution in [1.82, 2.24) is 4.98 Å². The Hall–Kier alpha value is -0.960. The van der Waals surface area contributed by atoms with Crippen LogP contribution in [0.1, 0.15) is 37.4 Å². The molecule has 0 amide bonds. The first kappa shape index (κ1) is 9.59. The van der Waals surface area contributed by atoms with E-state index in [0.717, 1.165) is 31.2 Å². The first-order valence-corrected chi connectivity index (χ1v) is 5.09. The Morgan fingerprint density at radius 2 is 2.29 bits per heavy atom. The lowest BCUT2D eigenvalue weighted by molar-refractivity contribution is 0.237. The lowest BCUT2D eigenvalue weighted by atomic mass is 9.75. The van der Waals surface area contributed by atoms with Gasteiger partial charge in [-0.2, -0.15) is 0 Å². The van der Waals surface area contributed by atoms with Crippen LogP contribution in [0.5, 0.6) is 0 Å². The van der Waals surface area contributed by atoms with Crippen LogP contribution in [0.4, 0.5) is 4.39 Å². The number of nitrogens with zero attached hydrogens (tertiary/aromatic N) is 1. The molecule has 0 atom stereocenters. The van der Waals surface area contributed by atoms with E-state index in [0.29, 0.717) is 5.69 Å². The van der Waals surface area contributed by atoms with Gasteiger partial charge < -0.3 is 5.73 Å². The highest BCUT2D eigenvalue weighted by Crippen LogP contribution is 2.38. The van der Waals surface area contributed by atoms with Crippen molar-refractivity contribution in [1.29, 1.82) is 0 Å².